The monoisotopic (exact) mass is 435 g/mol. The van der Waals surface area contributed by atoms with Crippen LogP contribution in [-0.2, 0) is 14.3 Å². The number of aromatic nitrogens is 2. The molecule has 0 aliphatic rings. The van der Waals surface area contributed by atoms with E-state index in [1.54, 1.807) is 48.7 Å². The molecule has 0 atom stereocenters. The summed E-state index contributed by atoms with van der Waals surface area (Å²) in [6.45, 7) is 5.30. The van der Waals surface area contributed by atoms with E-state index in [9.17, 15) is 14.4 Å². The predicted octanol–water partition coefficient (Wildman–Crippen LogP) is 3.07. The molecule has 1 aromatic carbocycles. The first-order valence-corrected chi connectivity index (χ1v) is 10.2. The Morgan fingerprint density at radius 3 is 2.69 bits per heavy atom. The zero-order valence-corrected chi connectivity index (χ0v) is 18.1. The minimum Gasteiger partial charge on any atom is -0.463 e. The minimum absolute atomic E-state index is 0.0637. The number of imidazole rings is 1. The van der Waals surface area contributed by atoms with Crippen LogP contribution in [0.15, 0.2) is 48.8 Å². The Morgan fingerprint density at radius 2 is 1.94 bits per heavy atom. The number of hydrogen-bond donors (Lipinski definition) is 3. The third-order valence-electron chi connectivity index (χ3n) is 4.61. The van der Waals surface area contributed by atoms with Gasteiger partial charge in [0.15, 0.2) is 0 Å². The van der Waals surface area contributed by atoms with Crippen LogP contribution in [-0.4, -0.2) is 39.1 Å². The van der Waals surface area contributed by atoms with Gasteiger partial charge in [-0.25, -0.2) is 4.98 Å². The van der Waals surface area contributed by atoms with E-state index in [-0.39, 0.29) is 30.7 Å². The number of carbonyl (C=O) groups is 3. The van der Waals surface area contributed by atoms with E-state index in [1.165, 1.54) is 6.20 Å². The summed E-state index contributed by atoms with van der Waals surface area (Å²) in [6.07, 6.45) is 2.85. The van der Waals surface area contributed by atoms with Crippen LogP contribution in [0, 0.1) is 12.3 Å². The summed E-state index contributed by atoms with van der Waals surface area (Å²) in [7, 11) is 0. The van der Waals surface area contributed by atoms with E-state index < -0.39 is 11.9 Å². The smallest absolute Gasteiger partial charge is 0.306 e. The Kier molecular flexibility index (Phi) is 6.99. The number of ether oxygens (including phenoxy) is 1. The summed E-state index contributed by atoms with van der Waals surface area (Å²) in [5, 5.41) is 13.5. The molecule has 166 valence electrons. The third kappa shape index (κ3) is 5.57. The van der Waals surface area contributed by atoms with E-state index in [0.717, 1.165) is 5.56 Å². The topological polar surface area (TPSA) is 126 Å². The lowest BCUT2D eigenvalue weighted by Crippen LogP contribution is -2.31. The summed E-state index contributed by atoms with van der Waals surface area (Å²) in [4.78, 5) is 40.7. The van der Waals surface area contributed by atoms with Crippen molar-refractivity contribution in [3.05, 3.63) is 65.6 Å². The number of amides is 2. The molecule has 0 saturated heterocycles. The average molecular weight is 435 g/mol. The summed E-state index contributed by atoms with van der Waals surface area (Å²) in [5.74, 6) is -1.40. The summed E-state index contributed by atoms with van der Waals surface area (Å²) >= 11 is 0. The molecule has 0 spiro atoms. The van der Waals surface area contributed by atoms with Crippen LogP contribution in [0.3, 0.4) is 0 Å². The van der Waals surface area contributed by atoms with E-state index in [0.29, 0.717) is 22.6 Å². The molecule has 3 aromatic rings. The van der Waals surface area contributed by atoms with Crippen molar-refractivity contribution in [2.24, 2.45) is 0 Å². The molecule has 2 aromatic heterocycles. The van der Waals surface area contributed by atoms with E-state index in [4.69, 9.17) is 10.1 Å². The lowest BCUT2D eigenvalue weighted by atomic mass is 10.1. The lowest BCUT2D eigenvalue weighted by molar-refractivity contribution is -0.148. The first-order valence-electron chi connectivity index (χ1n) is 10.2. The second kappa shape index (κ2) is 9.86. The first kappa shape index (κ1) is 22.7. The molecule has 0 radical (unpaired) electrons. The Balaban J connectivity index is 1.66. The normalized spacial score (nSPS) is 10.8. The molecule has 2 amide bonds. The Bertz CT molecular complexity index is 1180. The van der Waals surface area contributed by atoms with Crippen LogP contribution < -0.4 is 10.6 Å². The number of amidine groups is 1. The van der Waals surface area contributed by atoms with Crippen LogP contribution in [0.1, 0.15) is 48.3 Å². The van der Waals surface area contributed by atoms with Crippen LogP contribution in [0.2, 0.25) is 0 Å². The number of nitrogens with zero attached hydrogens (tertiary/aromatic N) is 2. The predicted molar refractivity (Wildman–Crippen MR) is 120 cm³/mol. The Morgan fingerprint density at radius 1 is 1.16 bits per heavy atom. The second-order valence-electron chi connectivity index (χ2n) is 7.52. The van der Waals surface area contributed by atoms with Gasteiger partial charge in [0.05, 0.1) is 18.7 Å². The van der Waals surface area contributed by atoms with Gasteiger partial charge in [0, 0.05) is 23.9 Å². The molecule has 32 heavy (non-hydrogen) atoms. The van der Waals surface area contributed by atoms with E-state index >= 15 is 0 Å². The van der Waals surface area contributed by atoms with Gasteiger partial charge in [-0.05, 0) is 44.5 Å². The fourth-order valence-electron chi connectivity index (χ4n) is 3.01. The number of rotatable bonds is 7. The molecule has 2 heterocycles. The van der Waals surface area contributed by atoms with Crippen molar-refractivity contribution in [2.75, 3.05) is 5.32 Å². The number of anilines is 1. The van der Waals surface area contributed by atoms with Crippen LogP contribution in [0.4, 0.5) is 5.69 Å². The van der Waals surface area contributed by atoms with Gasteiger partial charge in [0.1, 0.15) is 17.2 Å². The summed E-state index contributed by atoms with van der Waals surface area (Å²) in [6, 6.07) is 10.5. The van der Waals surface area contributed by atoms with Gasteiger partial charge in [0.25, 0.3) is 5.91 Å². The standard InChI is InChI=1S/C23H25N5O4/c1-14(2)32-21(30)10-9-20(29)27-22(24)16-8-7-15(3)17(12-16)26-23(31)18-13-25-19-6-4-5-11-28(18)19/h4-8,11-14H,9-10H2,1-3H3,(H,26,31)(H2,24,27,29). The van der Waals surface area contributed by atoms with Crippen molar-refractivity contribution in [3.8, 4) is 0 Å². The molecule has 3 rings (SSSR count). The van der Waals surface area contributed by atoms with Crippen LogP contribution in [0.5, 0.6) is 0 Å². The van der Waals surface area contributed by atoms with Gasteiger partial charge in [-0.1, -0.05) is 18.2 Å². The molecule has 9 nitrogen and oxygen atoms in total. The number of pyridine rings is 1. The highest BCUT2D eigenvalue weighted by Crippen LogP contribution is 2.18. The number of nitrogens with one attached hydrogen (secondary N) is 3. The second-order valence-corrected chi connectivity index (χ2v) is 7.52. The maximum absolute atomic E-state index is 12.8. The quantitative estimate of drug-likeness (QED) is 0.299. The van der Waals surface area contributed by atoms with Crippen LogP contribution >= 0.6 is 0 Å². The fourth-order valence-corrected chi connectivity index (χ4v) is 3.01. The SMILES string of the molecule is Cc1ccc(C(=N)NC(=O)CCC(=O)OC(C)C)cc1NC(=O)c1cnc2ccccn12. The number of aryl methyl sites for hydroxylation is 1. The van der Waals surface area contributed by atoms with Crippen molar-refractivity contribution in [2.45, 2.75) is 39.7 Å². The van der Waals surface area contributed by atoms with Gasteiger partial charge < -0.3 is 15.4 Å². The van der Waals surface area contributed by atoms with Crippen molar-refractivity contribution in [3.63, 3.8) is 0 Å². The van der Waals surface area contributed by atoms with Crippen molar-refractivity contribution >= 4 is 35.0 Å². The molecule has 0 aliphatic heterocycles. The number of esters is 1. The van der Waals surface area contributed by atoms with Crippen molar-refractivity contribution in [1.29, 1.82) is 5.41 Å². The number of fused-ring (bicyclic) bond motifs is 1. The number of benzene rings is 1. The molecular formula is C23H25N5O4. The molecule has 0 saturated carbocycles. The van der Waals surface area contributed by atoms with Crippen molar-refractivity contribution in [1.82, 2.24) is 14.7 Å². The molecule has 0 bridgehead atoms. The molecular weight excluding hydrogens is 410 g/mol. The number of hydrogen-bond acceptors (Lipinski definition) is 6. The highest BCUT2D eigenvalue weighted by Gasteiger charge is 2.15. The first-order chi connectivity index (χ1) is 15.2. The zero-order valence-electron chi connectivity index (χ0n) is 18.1. The summed E-state index contributed by atoms with van der Waals surface area (Å²) in [5.41, 5.74) is 2.76. The van der Waals surface area contributed by atoms with Gasteiger partial charge in [-0.2, -0.15) is 0 Å². The van der Waals surface area contributed by atoms with Crippen LogP contribution in [0.25, 0.3) is 5.65 Å². The van der Waals surface area contributed by atoms with Gasteiger partial charge in [0.2, 0.25) is 5.91 Å². The largest absolute Gasteiger partial charge is 0.463 e. The number of carbonyl (C=O) groups excluding carboxylic acids is 3. The highest BCUT2D eigenvalue weighted by atomic mass is 16.5. The Labute approximate surface area is 185 Å². The summed E-state index contributed by atoms with van der Waals surface area (Å²) < 4.78 is 6.68. The third-order valence-corrected chi connectivity index (χ3v) is 4.61. The maximum atomic E-state index is 12.8. The minimum atomic E-state index is -0.465. The zero-order chi connectivity index (χ0) is 23.3. The molecule has 0 fully saturated rings. The lowest BCUT2D eigenvalue weighted by Gasteiger charge is -2.12. The molecule has 3 N–H and O–H groups in total. The highest BCUT2D eigenvalue weighted by molar-refractivity contribution is 6.08. The Hall–Kier alpha value is -4.01. The van der Waals surface area contributed by atoms with Crippen molar-refractivity contribution < 1.29 is 19.1 Å². The van der Waals surface area contributed by atoms with Gasteiger partial charge in [-0.15, -0.1) is 0 Å². The van der Waals surface area contributed by atoms with E-state index in [2.05, 4.69) is 15.6 Å². The fraction of sp³-hybridized carbons (Fsp3) is 0.261. The molecule has 0 aliphatic carbocycles. The molecule has 0 unspecified atom stereocenters. The van der Waals surface area contributed by atoms with Gasteiger partial charge in [-0.3, -0.25) is 24.2 Å². The van der Waals surface area contributed by atoms with Gasteiger partial charge >= 0.3 is 5.97 Å². The van der Waals surface area contributed by atoms with E-state index in [1.807, 2.05) is 19.1 Å². The maximum Gasteiger partial charge on any atom is 0.306 e. The molecule has 9 heteroatoms. The average Bonchev–Trinajstić information content (AvgIpc) is 3.17.